The van der Waals surface area contributed by atoms with E-state index in [1.54, 1.807) is 0 Å². The summed E-state index contributed by atoms with van der Waals surface area (Å²) in [5.74, 6) is 1.84. The van der Waals surface area contributed by atoms with Gasteiger partial charge in [0.05, 0.1) is 6.61 Å². The second-order valence-electron chi connectivity index (χ2n) is 7.45. The highest BCUT2D eigenvalue weighted by Gasteiger charge is 2.32. The Morgan fingerprint density at radius 1 is 0.958 bits per heavy atom. The molecule has 2 nitrogen and oxygen atoms in total. The maximum Gasteiger partial charge on any atom is 0.119 e. The van der Waals surface area contributed by atoms with E-state index in [1.165, 1.54) is 63.5 Å². The standard InChI is InChI=1S/C22H37NO/c1-4-6-8-9-10-11-19-16-17-23(3)22(19)20-12-14-21(15-13-20)24-18-7-5-2/h12-15,19,22H,4-11,16-18H2,1-3H3. The maximum atomic E-state index is 5.81. The first-order valence-corrected chi connectivity index (χ1v) is 10.2. The van der Waals surface area contributed by atoms with Crippen LogP contribution >= 0.6 is 0 Å². The van der Waals surface area contributed by atoms with Crippen LogP contribution < -0.4 is 4.74 Å². The zero-order valence-corrected chi connectivity index (χ0v) is 16.1. The molecule has 1 aliphatic heterocycles. The van der Waals surface area contributed by atoms with Gasteiger partial charge in [0.2, 0.25) is 0 Å². The first kappa shape index (κ1) is 19.3. The summed E-state index contributed by atoms with van der Waals surface area (Å²) in [6, 6.07) is 9.50. The van der Waals surface area contributed by atoms with Crippen molar-refractivity contribution in [3.63, 3.8) is 0 Å². The van der Waals surface area contributed by atoms with Gasteiger partial charge in [-0.15, -0.1) is 0 Å². The summed E-state index contributed by atoms with van der Waals surface area (Å²) in [7, 11) is 2.29. The maximum absolute atomic E-state index is 5.81. The summed E-state index contributed by atoms with van der Waals surface area (Å²) in [5, 5.41) is 0. The van der Waals surface area contributed by atoms with Crippen molar-refractivity contribution in [1.29, 1.82) is 0 Å². The smallest absolute Gasteiger partial charge is 0.119 e. The summed E-state index contributed by atoms with van der Waals surface area (Å²) >= 11 is 0. The van der Waals surface area contributed by atoms with Crippen molar-refractivity contribution >= 4 is 0 Å². The van der Waals surface area contributed by atoms with Gasteiger partial charge in [-0.25, -0.2) is 0 Å². The third-order valence-corrected chi connectivity index (χ3v) is 5.44. The molecule has 1 saturated heterocycles. The highest BCUT2D eigenvalue weighted by Crippen LogP contribution is 2.39. The quantitative estimate of drug-likeness (QED) is 0.446. The fraction of sp³-hybridized carbons (Fsp3) is 0.727. The van der Waals surface area contributed by atoms with Crippen LogP contribution in [0.4, 0.5) is 0 Å². The molecule has 0 bridgehead atoms. The Balaban J connectivity index is 1.87. The van der Waals surface area contributed by atoms with Crippen LogP contribution in [0.25, 0.3) is 0 Å². The summed E-state index contributed by atoms with van der Waals surface area (Å²) in [6.07, 6.45) is 12.0. The Labute approximate surface area is 149 Å². The lowest BCUT2D eigenvalue weighted by molar-refractivity contribution is 0.265. The molecule has 24 heavy (non-hydrogen) atoms. The highest BCUT2D eigenvalue weighted by molar-refractivity contribution is 5.30. The van der Waals surface area contributed by atoms with Crippen LogP contribution in [0, 0.1) is 5.92 Å². The predicted molar refractivity (Wildman–Crippen MR) is 104 cm³/mol. The van der Waals surface area contributed by atoms with E-state index in [1.807, 2.05) is 0 Å². The third-order valence-electron chi connectivity index (χ3n) is 5.44. The molecular formula is C22H37NO. The molecule has 1 aliphatic rings. The molecule has 0 N–H and O–H groups in total. The van der Waals surface area contributed by atoms with Crippen LogP contribution in [0.2, 0.25) is 0 Å². The van der Waals surface area contributed by atoms with Gasteiger partial charge in [0, 0.05) is 6.04 Å². The molecule has 0 aromatic heterocycles. The zero-order chi connectivity index (χ0) is 17.2. The molecule has 1 aromatic rings. The number of ether oxygens (including phenoxy) is 1. The van der Waals surface area contributed by atoms with Crippen LogP contribution in [0.15, 0.2) is 24.3 Å². The second-order valence-corrected chi connectivity index (χ2v) is 7.45. The van der Waals surface area contributed by atoms with E-state index in [2.05, 4.69) is 50.1 Å². The normalized spacial score (nSPS) is 21.3. The Kier molecular flexibility index (Phi) is 8.66. The molecule has 0 radical (unpaired) electrons. The van der Waals surface area contributed by atoms with E-state index >= 15 is 0 Å². The number of hydrogen-bond acceptors (Lipinski definition) is 2. The molecule has 2 atom stereocenters. The second kappa shape index (κ2) is 10.8. The van der Waals surface area contributed by atoms with Gasteiger partial charge in [0.25, 0.3) is 0 Å². The van der Waals surface area contributed by atoms with Crippen molar-refractivity contribution in [2.24, 2.45) is 5.92 Å². The average Bonchev–Trinajstić information content (AvgIpc) is 2.96. The van der Waals surface area contributed by atoms with E-state index in [9.17, 15) is 0 Å². The van der Waals surface area contributed by atoms with Gasteiger partial charge < -0.3 is 4.74 Å². The third kappa shape index (κ3) is 5.81. The van der Waals surface area contributed by atoms with Gasteiger partial charge in [0.1, 0.15) is 5.75 Å². The molecule has 1 heterocycles. The molecule has 0 saturated carbocycles. The fourth-order valence-corrected chi connectivity index (χ4v) is 3.96. The Hall–Kier alpha value is -1.02. The van der Waals surface area contributed by atoms with Gasteiger partial charge in [-0.05, 0) is 56.5 Å². The molecule has 2 unspecified atom stereocenters. The minimum Gasteiger partial charge on any atom is -0.494 e. The first-order chi connectivity index (χ1) is 11.8. The van der Waals surface area contributed by atoms with Crippen molar-refractivity contribution in [3.05, 3.63) is 29.8 Å². The van der Waals surface area contributed by atoms with Gasteiger partial charge in [-0.1, -0.05) is 64.5 Å². The molecule has 2 rings (SSSR count). The summed E-state index contributed by atoms with van der Waals surface area (Å²) in [5.41, 5.74) is 1.47. The predicted octanol–water partition coefficient (Wildman–Crippen LogP) is 6.22. The zero-order valence-electron chi connectivity index (χ0n) is 16.1. The molecule has 1 fully saturated rings. The van der Waals surface area contributed by atoms with Gasteiger partial charge in [0.15, 0.2) is 0 Å². The van der Waals surface area contributed by atoms with Crippen molar-refractivity contribution in [2.45, 2.75) is 77.7 Å². The van der Waals surface area contributed by atoms with E-state index in [0.717, 1.165) is 24.7 Å². The lowest BCUT2D eigenvalue weighted by atomic mass is 9.89. The summed E-state index contributed by atoms with van der Waals surface area (Å²) < 4.78 is 5.81. The van der Waals surface area contributed by atoms with Crippen LogP contribution in [0.1, 0.15) is 83.2 Å². The summed E-state index contributed by atoms with van der Waals surface area (Å²) in [6.45, 7) is 6.56. The van der Waals surface area contributed by atoms with Crippen molar-refractivity contribution < 1.29 is 4.74 Å². The molecule has 0 aliphatic carbocycles. The topological polar surface area (TPSA) is 12.5 Å². The van der Waals surface area contributed by atoms with Crippen LogP contribution in [-0.4, -0.2) is 25.1 Å². The molecule has 1 aromatic carbocycles. The number of nitrogens with zero attached hydrogens (tertiary/aromatic N) is 1. The molecule has 0 spiro atoms. The Bertz CT molecular complexity index is 442. The number of likely N-dealkylation sites (tertiary alicyclic amines) is 1. The van der Waals surface area contributed by atoms with E-state index < -0.39 is 0 Å². The fourth-order valence-electron chi connectivity index (χ4n) is 3.96. The largest absolute Gasteiger partial charge is 0.494 e. The van der Waals surface area contributed by atoms with Crippen LogP contribution in [-0.2, 0) is 0 Å². The van der Waals surface area contributed by atoms with Crippen molar-refractivity contribution in [1.82, 2.24) is 4.90 Å². The number of benzene rings is 1. The van der Waals surface area contributed by atoms with Crippen LogP contribution in [0.5, 0.6) is 5.75 Å². The van der Waals surface area contributed by atoms with Crippen molar-refractivity contribution in [2.75, 3.05) is 20.2 Å². The van der Waals surface area contributed by atoms with Crippen LogP contribution in [0.3, 0.4) is 0 Å². The SMILES string of the molecule is CCCCCCCC1CCN(C)C1c1ccc(OCCCC)cc1. The van der Waals surface area contributed by atoms with Gasteiger partial charge >= 0.3 is 0 Å². The number of hydrogen-bond donors (Lipinski definition) is 0. The summed E-state index contributed by atoms with van der Waals surface area (Å²) in [4.78, 5) is 2.55. The molecule has 0 amide bonds. The van der Waals surface area contributed by atoms with E-state index in [4.69, 9.17) is 4.74 Å². The minimum atomic E-state index is 0.598. The first-order valence-electron chi connectivity index (χ1n) is 10.2. The lowest BCUT2D eigenvalue weighted by Crippen LogP contribution is -2.21. The molecule has 2 heteroatoms. The molecule has 136 valence electrons. The highest BCUT2D eigenvalue weighted by atomic mass is 16.5. The van der Waals surface area contributed by atoms with E-state index in [0.29, 0.717) is 6.04 Å². The number of rotatable bonds is 11. The van der Waals surface area contributed by atoms with Crippen molar-refractivity contribution in [3.8, 4) is 5.75 Å². The Morgan fingerprint density at radius 3 is 2.38 bits per heavy atom. The van der Waals surface area contributed by atoms with Gasteiger partial charge in [-0.2, -0.15) is 0 Å². The monoisotopic (exact) mass is 331 g/mol. The van der Waals surface area contributed by atoms with E-state index in [-0.39, 0.29) is 0 Å². The molecular weight excluding hydrogens is 294 g/mol. The minimum absolute atomic E-state index is 0.598. The lowest BCUT2D eigenvalue weighted by Gasteiger charge is -2.26. The Morgan fingerprint density at radius 2 is 1.67 bits per heavy atom. The number of unbranched alkanes of at least 4 members (excludes halogenated alkanes) is 5. The average molecular weight is 332 g/mol. The van der Waals surface area contributed by atoms with Gasteiger partial charge in [-0.3, -0.25) is 4.90 Å².